The summed E-state index contributed by atoms with van der Waals surface area (Å²) in [7, 11) is 1.86. The number of hydrogen-bond acceptors (Lipinski definition) is 6. The van der Waals surface area contributed by atoms with Crippen LogP contribution in [-0.4, -0.2) is 32.7 Å². The van der Waals surface area contributed by atoms with Crippen LogP contribution in [0.3, 0.4) is 0 Å². The number of aryl methyl sites for hydroxylation is 2. The Morgan fingerprint density at radius 1 is 1.31 bits per heavy atom. The number of aliphatic hydroxyl groups is 1. The number of thiophene rings is 1. The van der Waals surface area contributed by atoms with E-state index >= 15 is 0 Å². The molecule has 29 heavy (non-hydrogen) atoms. The molecule has 0 amide bonds. The molecule has 2 heterocycles. The monoisotopic (exact) mass is 409 g/mol. The molecule has 7 heteroatoms. The largest absolute Gasteiger partial charge is 0.466 e. The quantitative estimate of drug-likeness (QED) is 0.486. The zero-order valence-electron chi connectivity index (χ0n) is 16.7. The van der Waals surface area contributed by atoms with E-state index in [2.05, 4.69) is 16.4 Å². The first-order chi connectivity index (χ1) is 14.0. The van der Waals surface area contributed by atoms with Crippen LogP contribution >= 0.6 is 11.3 Å². The molecule has 2 aromatic carbocycles. The highest BCUT2D eigenvalue weighted by Crippen LogP contribution is 2.37. The number of carbonyl (C=O) groups excluding carboxylic acids is 1. The van der Waals surface area contributed by atoms with Crippen molar-refractivity contribution in [1.29, 1.82) is 0 Å². The van der Waals surface area contributed by atoms with Gasteiger partial charge in [-0.1, -0.05) is 17.3 Å². The molecule has 0 aliphatic heterocycles. The lowest BCUT2D eigenvalue weighted by molar-refractivity contribution is -0.143. The summed E-state index contributed by atoms with van der Waals surface area (Å²) in [5, 5.41) is 21.4. The minimum Gasteiger partial charge on any atom is -0.466 e. The van der Waals surface area contributed by atoms with Gasteiger partial charge in [0.05, 0.1) is 25.2 Å². The fraction of sp³-hybridized carbons (Fsp3) is 0.318. The van der Waals surface area contributed by atoms with Gasteiger partial charge < -0.3 is 9.84 Å². The van der Waals surface area contributed by atoms with Gasteiger partial charge in [0.2, 0.25) is 0 Å². The molecular weight excluding hydrogens is 386 g/mol. The topological polar surface area (TPSA) is 77.2 Å². The lowest BCUT2D eigenvalue weighted by Crippen LogP contribution is -2.13. The van der Waals surface area contributed by atoms with Gasteiger partial charge in [0, 0.05) is 17.7 Å². The molecule has 0 spiro atoms. The van der Waals surface area contributed by atoms with E-state index in [9.17, 15) is 9.90 Å². The van der Waals surface area contributed by atoms with Gasteiger partial charge in [-0.05, 0) is 65.1 Å². The van der Waals surface area contributed by atoms with E-state index in [0.29, 0.717) is 6.61 Å². The fourth-order valence-corrected chi connectivity index (χ4v) is 4.81. The number of nitrogens with zero attached hydrogens (tertiary/aromatic N) is 3. The Bertz CT molecular complexity index is 1190. The maximum atomic E-state index is 12.4. The third-order valence-corrected chi connectivity index (χ3v) is 6.36. The van der Waals surface area contributed by atoms with Crippen molar-refractivity contribution >= 4 is 38.4 Å². The van der Waals surface area contributed by atoms with E-state index in [1.54, 1.807) is 16.0 Å². The first kappa shape index (κ1) is 19.5. The maximum Gasteiger partial charge on any atom is 0.306 e. The standard InChI is InChI=1S/C22H23N3O3S/c1-4-28-20(27)11-18(15-9-14-7-8-29-22(14)16(10-15)12-26)17-5-6-19-21(13(17)2)23-24-25(19)3/h5-10,18,26H,4,11-12H2,1-3H3. The van der Waals surface area contributed by atoms with Crippen LogP contribution < -0.4 is 0 Å². The molecule has 4 aromatic rings. The summed E-state index contributed by atoms with van der Waals surface area (Å²) >= 11 is 1.61. The molecule has 0 aliphatic carbocycles. The first-order valence-corrected chi connectivity index (χ1v) is 10.5. The van der Waals surface area contributed by atoms with Crippen molar-refractivity contribution in [3.05, 3.63) is 58.0 Å². The van der Waals surface area contributed by atoms with Gasteiger partial charge in [-0.25, -0.2) is 4.68 Å². The Labute approximate surface area is 172 Å². The summed E-state index contributed by atoms with van der Waals surface area (Å²) in [6.07, 6.45) is 0.223. The number of ether oxygens (including phenoxy) is 1. The van der Waals surface area contributed by atoms with Gasteiger partial charge in [-0.3, -0.25) is 4.79 Å². The molecule has 0 saturated heterocycles. The predicted molar refractivity (Wildman–Crippen MR) is 114 cm³/mol. The molecule has 2 aromatic heterocycles. The van der Waals surface area contributed by atoms with Crippen molar-refractivity contribution in [1.82, 2.24) is 15.0 Å². The van der Waals surface area contributed by atoms with E-state index in [0.717, 1.165) is 43.4 Å². The minimum atomic E-state index is -0.243. The van der Waals surface area contributed by atoms with Gasteiger partial charge in [-0.15, -0.1) is 16.4 Å². The Morgan fingerprint density at radius 2 is 2.14 bits per heavy atom. The van der Waals surface area contributed by atoms with Crippen molar-refractivity contribution in [3.63, 3.8) is 0 Å². The maximum absolute atomic E-state index is 12.4. The minimum absolute atomic E-state index is 0.0425. The van der Waals surface area contributed by atoms with E-state index in [4.69, 9.17) is 4.74 Å². The van der Waals surface area contributed by atoms with Crippen molar-refractivity contribution < 1.29 is 14.6 Å². The normalized spacial score (nSPS) is 12.6. The lowest BCUT2D eigenvalue weighted by Gasteiger charge is -2.21. The zero-order valence-corrected chi connectivity index (χ0v) is 17.5. The number of fused-ring (bicyclic) bond motifs is 2. The van der Waals surface area contributed by atoms with Crippen molar-refractivity contribution in [3.8, 4) is 0 Å². The Kier molecular flexibility index (Phi) is 5.34. The molecule has 0 fully saturated rings. The van der Waals surface area contributed by atoms with E-state index in [-0.39, 0.29) is 24.9 Å². The zero-order chi connectivity index (χ0) is 20.5. The SMILES string of the molecule is CCOC(=O)CC(c1cc(CO)c2sccc2c1)c1ccc2c(nnn2C)c1C. The molecule has 0 radical (unpaired) electrons. The van der Waals surface area contributed by atoms with Gasteiger partial charge in [0.25, 0.3) is 0 Å². The van der Waals surface area contributed by atoms with Crippen LogP contribution in [-0.2, 0) is 23.2 Å². The second-order valence-corrected chi connectivity index (χ2v) is 8.02. The van der Waals surface area contributed by atoms with Crippen LogP contribution in [0.2, 0.25) is 0 Å². The van der Waals surface area contributed by atoms with Gasteiger partial charge in [-0.2, -0.15) is 0 Å². The molecule has 150 valence electrons. The van der Waals surface area contributed by atoms with Crippen LogP contribution in [0, 0.1) is 6.92 Å². The summed E-state index contributed by atoms with van der Waals surface area (Å²) in [6, 6.07) is 10.2. The number of esters is 1. The van der Waals surface area contributed by atoms with Crippen LogP contribution in [0.25, 0.3) is 21.1 Å². The molecule has 0 saturated carbocycles. The number of benzene rings is 2. The van der Waals surface area contributed by atoms with Gasteiger partial charge >= 0.3 is 5.97 Å². The number of aliphatic hydroxyl groups excluding tert-OH is 1. The fourth-order valence-electron chi connectivity index (χ4n) is 3.92. The van der Waals surface area contributed by atoms with E-state index in [1.807, 2.05) is 50.5 Å². The van der Waals surface area contributed by atoms with Gasteiger partial charge in [0.15, 0.2) is 0 Å². The first-order valence-electron chi connectivity index (χ1n) is 9.58. The number of hydrogen-bond donors (Lipinski definition) is 1. The van der Waals surface area contributed by atoms with E-state index < -0.39 is 0 Å². The lowest BCUT2D eigenvalue weighted by atomic mass is 9.84. The Morgan fingerprint density at radius 3 is 2.90 bits per heavy atom. The molecule has 0 aliphatic rings. The van der Waals surface area contributed by atoms with Gasteiger partial charge in [0.1, 0.15) is 5.52 Å². The van der Waals surface area contributed by atoms with Crippen LogP contribution in [0.1, 0.15) is 41.5 Å². The third kappa shape index (κ3) is 3.52. The smallest absolute Gasteiger partial charge is 0.306 e. The van der Waals surface area contributed by atoms with Crippen LogP contribution in [0.15, 0.2) is 35.7 Å². The second kappa shape index (κ2) is 7.93. The highest BCUT2D eigenvalue weighted by molar-refractivity contribution is 7.17. The number of rotatable bonds is 6. The highest BCUT2D eigenvalue weighted by atomic mass is 32.1. The predicted octanol–water partition coefficient (Wildman–Crippen LogP) is 4.07. The Hall–Kier alpha value is -2.77. The summed E-state index contributed by atoms with van der Waals surface area (Å²) in [5.74, 6) is -0.442. The van der Waals surface area contributed by atoms with Crippen LogP contribution in [0.5, 0.6) is 0 Å². The molecule has 0 bridgehead atoms. The molecule has 1 atom stereocenters. The van der Waals surface area contributed by atoms with Crippen molar-refractivity contribution in [2.45, 2.75) is 32.8 Å². The summed E-state index contributed by atoms with van der Waals surface area (Å²) in [5.41, 5.74) is 5.66. The molecule has 4 rings (SSSR count). The van der Waals surface area contributed by atoms with Crippen molar-refractivity contribution in [2.24, 2.45) is 7.05 Å². The molecule has 6 nitrogen and oxygen atoms in total. The third-order valence-electron chi connectivity index (χ3n) is 5.35. The summed E-state index contributed by atoms with van der Waals surface area (Å²) in [4.78, 5) is 12.4. The van der Waals surface area contributed by atoms with E-state index in [1.165, 1.54) is 0 Å². The summed E-state index contributed by atoms with van der Waals surface area (Å²) in [6.45, 7) is 4.13. The number of carbonyl (C=O) groups is 1. The average molecular weight is 410 g/mol. The molecule has 1 unspecified atom stereocenters. The summed E-state index contributed by atoms with van der Waals surface area (Å²) < 4.78 is 8.08. The van der Waals surface area contributed by atoms with Crippen molar-refractivity contribution in [2.75, 3.05) is 6.61 Å². The average Bonchev–Trinajstić information content (AvgIpc) is 3.33. The molecular formula is C22H23N3O3S. The number of aromatic nitrogens is 3. The second-order valence-electron chi connectivity index (χ2n) is 7.10. The molecule has 1 N–H and O–H groups in total. The van der Waals surface area contributed by atoms with Crippen LogP contribution in [0.4, 0.5) is 0 Å². The highest BCUT2D eigenvalue weighted by Gasteiger charge is 2.24. The Balaban J connectivity index is 1.88.